The molecule has 3 rings (SSSR count). The third-order valence-electron chi connectivity index (χ3n) is 5.52. The van der Waals surface area contributed by atoms with E-state index < -0.39 is 4.92 Å². The maximum Gasteiger partial charge on any atom is 0.282 e. The van der Waals surface area contributed by atoms with E-state index in [9.17, 15) is 14.9 Å². The van der Waals surface area contributed by atoms with E-state index in [1.165, 1.54) is 41.5 Å². The van der Waals surface area contributed by atoms with Crippen molar-refractivity contribution in [3.63, 3.8) is 0 Å². The fourth-order valence-electron chi connectivity index (χ4n) is 3.71. The summed E-state index contributed by atoms with van der Waals surface area (Å²) in [6.45, 7) is 7.52. The van der Waals surface area contributed by atoms with Crippen molar-refractivity contribution in [2.75, 3.05) is 43.5 Å². The first-order valence-corrected chi connectivity index (χ1v) is 9.69. The number of nitrogens with one attached hydrogen (secondary N) is 2. The Hall–Kier alpha value is -3.13. The minimum absolute atomic E-state index is 0.0779. The van der Waals surface area contributed by atoms with Gasteiger partial charge in [-0.1, -0.05) is 18.2 Å². The van der Waals surface area contributed by atoms with Crippen molar-refractivity contribution < 1.29 is 19.4 Å². The van der Waals surface area contributed by atoms with Gasteiger partial charge in [0.2, 0.25) is 0 Å². The molecule has 8 nitrogen and oxygen atoms in total. The Bertz CT molecular complexity index is 894. The number of hydrogen-bond donors (Lipinski definition) is 2. The normalized spacial score (nSPS) is 15.6. The van der Waals surface area contributed by atoms with Crippen LogP contribution in [0.4, 0.5) is 17.1 Å². The fourth-order valence-corrected chi connectivity index (χ4v) is 3.71. The van der Waals surface area contributed by atoms with E-state index in [1.807, 2.05) is 13.0 Å². The number of rotatable bonds is 6. The van der Waals surface area contributed by atoms with Crippen LogP contribution in [-0.4, -0.2) is 50.2 Å². The molecule has 0 aromatic heterocycles. The molecule has 0 bridgehead atoms. The van der Waals surface area contributed by atoms with Gasteiger partial charge in [0.25, 0.3) is 11.6 Å². The molecule has 0 radical (unpaired) electrons. The second-order valence-electron chi connectivity index (χ2n) is 7.28. The summed E-state index contributed by atoms with van der Waals surface area (Å²) in [5.41, 5.74) is 2.87. The van der Waals surface area contributed by atoms with Crippen molar-refractivity contribution >= 4 is 23.0 Å². The molecule has 1 atom stereocenters. The summed E-state index contributed by atoms with van der Waals surface area (Å²) in [6, 6.07) is 12.3. The van der Waals surface area contributed by atoms with Crippen LogP contribution in [0.25, 0.3) is 0 Å². The van der Waals surface area contributed by atoms with E-state index in [-0.39, 0.29) is 23.4 Å². The highest BCUT2D eigenvalue weighted by Gasteiger charge is 2.30. The van der Waals surface area contributed by atoms with Gasteiger partial charge in [0.1, 0.15) is 5.75 Å². The summed E-state index contributed by atoms with van der Waals surface area (Å²) in [5, 5.41) is 13.8. The highest BCUT2D eigenvalue weighted by atomic mass is 16.6. The van der Waals surface area contributed by atoms with E-state index in [0.717, 1.165) is 26.2 Å². The van der Waals surface area contributed by atoms with E-state index >= 15 is 0 Å². The number of benzene rings is 2. The maximum atomic E-state index is 12.8. The first kappa shape index (κ1) is 20.6. The average Bonchev–Trinajstić information content (AvgIpc) is 2.73. The highest BCUT2D eigenvalue weighted by molar-refractivity contribution is 5.95. The van der Waals surface area contributed by atoms with Crippen LogP contribution >= 0.6 is 0 Å². The number of piperazine rings is 1. The van der Waals surface area contributed by atoms with Gasteiger partial charge >= 0.3 is 0 Å². The van der Waals surface area contributed by atoms with Gasteiger partial charge in [0.05, 0.1) is 50.0 Å². The zero-order chi connectivity index (χ0) is 21.0. The molecule has 8 heteroatoms. The number of methoxy groups -OCH3 is 1. The van der Waals surface area contributed by atoms with E-state index in [4.69, 9.17) is 4.74 Å². The number of ether oxygens (including phenoxy) is 1. The number of amides is 1. The summed E-state index contributed by atoms with van der Waals surface area (Å²) in [6.07, 6.45) is 0. The van der Waals surface area contributed by atoms with Crippen LogP contribution in [0, 0.1) is 17.0 Å². The summed E-state index contributed by atoms with van der Waals surface area (Å²) in [7, 11) is 1.42. The number of anilines is 2. The molecule has 29 heavy (non-hydrogen) atoms. The van der Waals surface area contributed by atoms with Crippen molar-refractivity contribution in [3.8, 4) is 5.75 Å². The Morgan fingerprint density at radius 2 is 1.93 bits per heavy atom. The molecule has 1 heterocycles. The molecule has 2 aromatic carbocycles. The van der Waals surface area contributed by atoms with Crippen LogP contribution in [-0.2, 0) is 4.79 Å². The summed E-state index contributed by atoms with van der Waals surface area (Å²) in [4.78, 5) is 26.8. The number of nitro groups is 1. The highest BCUT2D eigenvalue weighted by Crippen LogP contribution is 2.29. The maximum absolute atomic E-state index is 12.8. The number of para-hydroxylation sites is 1. The number of carbonyl (C=O) groups is 1. The number of carbonyl (C=O) groups excluding carboxylic acids is 1. The quantitative estimate of drug-likeness (QED) is 0.570. The number of nitrogens with zero attached hydrogens (tertiary/aromatic N) is 2. The molecule has 0 saturated carbocycles. The number of quaternary nitrogens is 1. The third kappa shape index (κ3) is 4.65. The summed E-state index contributed by atoms with van der Waals surface area (Å²) >= 11 is 0. The van der Waals surface area contributed by atoms with Crippen LogP contribution in [0.1, 0.15) is 12.5 Å². The number of non-ortho nitro benzene ring substituents is 1. The molecule has 0 aliphatic carbocycles. The smallest absolute Gasteiger partial charge is 0.282 e. The second kappa shape index (κ2) is 8.91. The van der Waals surface area contributed by atoms with Crippen LogP contribution in [0.2, 0.25) is 0 Å². The first-order valence-electron chi connectivity index (χ1n) is 9.69. The molecule has 1 saturated heterocycles. The average molecular weight is 399 g/mol. The monoisotopic (exact) mass is 399 g/mol. The van der Waals surface area contributed by atoms with Gasteiger partial charge in [0.15, 0.2) is 6.04 Å². The largest absolute Gasteiger partial charge is 0.494 e. The lowest BCUT2D eigenvalue weighted by atomic mass is 10.1. The van der Waals surface area contributed by atoms with Gasteiger partial charge in [-0.25, -0.2) is 0 Å². The number of aryl methyl sites for hydroxylation is 1. The molecule has 154 valence electrons. The Labute approximate surface area is 170 Å². The van der Waals surface area contributed by atoms with Gasteiger partial charge in [-0.2, -0.15) is 0 Å². The predicted molar refractivity (Wildman–Crippen MR) is 112 cm³/mol. The van der Waals surface area contributed by atoms with Crippen molar-refractivity contribution in [1.29, 1.82) is 0 Å². The minimum atomic E-state index is -0.491. The molecule has 1 aliphatic rings. The second-order valence-corrected chi connectivity index (χ2v) is 7.28. The van der Waals surface area contributed by atoms with Gasteiger partial charge in [0, 0.05) is 11.8 Å². The zero-order valence-electron chi connectivity index (χ0n) is 17.0. The molecule has 1 aliphatic heterocycles. The van der Waals surface area contributed by atoms with Gasteiger partial charge in [-0.3, -0.25) is 14.9 Å². The minimum Gasteiger partial charge on any atom is -0.494 e. The zero-order valence-corrected chi connectivity index (χ0v) is 17.0. The molecule has 2 aromatic rings. The van der Waals surface area contributed by atoms with Crippen molar-refractivity contribution in [3.05, 3.63) is 58.1 Å². The molecular formula is C21H27N4O4+. The van der Waals surface area contributed by atoms with E-state index in [0.29, 0.717) is 5.69 Å². The molecule has 1 fully saturated rings. The Morgan fingerprint density at radius 1 is 1.24 bits per heavy atom. The standard InChI is InChI=1S/C21H26N4O4/c1-15-6-4-5-7-19(15)24-12-10-23(11-13-24)16(2)21(26)22-18-9-8-17(25(27)28)14-20(18)29-3/h4-9,14,16H,10-13H2,1-3H3,(H,22,26)/p+1/t16-/m1/s1. The summed E-state index contributed by atoms with van der Waals surface area (Å²) < 4.78 is 5.20. The predicted octanol–water partition coefficient (Wildman–Crippen LogP) is 1.64. The van der Waals surface area contributed by atoms with Crippen molar-refractivity contribution in [1.82, 2.24) is 0 Å². The molecule has 2 N–H and O–H groups in total. The topological polar surface area (TPSA) is 89.1 Å². The lowest BCUT2D eigenvalue weighted by molar-refractivity contribution is -0.914. The lowest BCUT2D eigenvalue weighted by Crippen LogP contribution is -3.19. The van der Waals surface area contributed by atoms with Crippen LogP contribution in [0.5, 0.6) is 5.75 Å². The van der Waals surface area contributed by atoms with E-state index in [2.05, 4.69) is 35.3 Å². The molecule has 0 spiro atoms. The van der Waals surface area contributed by atoms with Gasteiger partial charge < -0.3 is 19.9 Å². The molecular weight excluding hydrogens is 372 g/mol. The molecule has 1 amide bonds. The van der Waals surface area contributed by atoms with Crippen molar-refractivity contribution in [2.24, 2.45) is 0 Å². The Balaban J connectivity index is 1.61. The number of hydrogen-bond acceptors (Lipinski definition) is 5. The van der Waals surface area contributed by atoms with E-state index in [1.54, 1.807) is 0 Å². The molecule has 0 unspecified atom stereocenters. The summed E-state index contributed by atoms with van der Waals surface area (Å²) in [5.74, 6) is 0.149. The fraction of sp³-hybridized carbons (Fsp3) is 0.381. The van der Waals surface area contributed by atoms with Crippen LogP contribution in [0.3, 0.4) is 0 Å². The SMILES string of the molecule is COc1cc([N+](=O)[O-])ccc1NC(=O)[C@@H](C)[NH+]1CCN(c2ccccc2C)CC1. The van der Waals surface area contributed by atoms with Gasteiger partial charge in [-0.15, -0.1) is 0 Å². The number of nitro benzene ring substituents is 1. The third-order valence-corrected chi connectivity index (χ3v) is 5.52. The van der Waals surface area contributed by atoms with Crippen LogP contribution < -0.4 is 19.9 Å². The van der Waals surface area contributed by atoms with Crippen LogP contribution in [0.15, 0.2) is 42.5 Å². The Kier molecular flexibility index (Phi) is 6.33. The first-order chi connectivity index (χ1) is 13.9. The van der Waals surface area contributed by atoms with Crippen molar-refractivity contribution in [2.45, 2.75) is 19.9 Å². The lowest BCUT2D eigenvalue weighted by Gasteiger charge is -2.36. The Morgan fingerprint density at radius 3 is 2.55 bits per heavy atom. The van der Waals surface area contributed by atoms with Gasteiger partial charge in [-0.05, 0) is 31.5 Å².